The molecule has 0 heterocycles. The van der Waals surface area contributed by atoms with Crippen LogP contribution in [0, 0.1) is 11.7 Å². The van der Waals surface area contributed by atoms with Crippen molar-refractivity contribution in [1.82, 2.24) is 4.72 Å². The Balaban J connectivity index is 3.23. The van der Waals surface area contributed by atoms with E-state index in [2.05, 4.69) is 0 Å². The van der Waals surface area contributed by atoms with Gasteiger partial charge in [-0.3, -0.25) is 4.79 Å². The van der Waals surface area contributed by atoms with Crippen LogP contribution in [0.5, 0.6) is 0 Å². The highest BCUT2D eigenvalue weighted by Crippen LogP contribution is 2.29. The third-order valence-electron chi connectivity index (χ3n) is 3.05. The van der Waals surface area contributed by atoms with Gasteiger partial charge in [-0.05, 0) is 18.1 Å². The molecule has 5 nitrogen and oxygen atoms in total. The van der Waals surface area contributed by atoms with Crippen LogP contribution in [0.15, 0.2) is 17.0 Å². The molecule has 1 aromatic rings. The highest BCUT2D eigenvalue weighted by atomic mass is 35.5. The molecule has 2 atom stereocenters. The number of halogens is 3. The van der Waals surface area contributed by atoms with Gasteiger partial charge in [0.2, 0.25) is 10.0 Å². The van der Waals surface area contributed by atoms with Gasteiger partial charge in [0, 0.05) is 0 Å². The van der Waals surface area contributed by atoms with Gasteiger partial charge in [0.05, 0.1) is 10.0 Å². The van der Waals surface area contributed by atoms with Crippen LogP contribution < -0.4 is 4.72 Å². The molecule has 0 bridgehead atoms. The SMILES string of the molecule is CCC(C)[C@H](NS(=O)(=O)c1ccc(Cl)c(F)c1Cl)C(=O)O. The molecule has 21 heavy (non-hydrogen) atoms. The summed E-state index contributed by atoms with van der Waals surface area (Å²) in [6, 6.07) is 0.719. The second-order valence-electron chi connectivity index (χ2n) is 4.50. The minimum absolute atomic E-state index is 0.323. The molecule has 0 aliphatic carbocycles. The van der Waals surface area contributed by atoms with Crippen molar-refractivity contribution in [2.24, 2.45) is 5.92 Å². The Morgan fingerprint density at radius 3 is 2.48 bits per heavy atom. The lowest BCUT2D eigenvalue weighted by Gasteiger charge is -2.20. The normalized spacial score (nSPS) is 14.7. The summed E-state index contributed by atoms with van der Waals surface area (Å²) < 4.78 is 40.0. The van der Waals surface area contributed by atoms with E-state index < -0.39 is 43.7 Å². The Morgan fingerprint density at radius 2 is 2.00 bits per heavy atom. The Kier molecular flexibility index (Phi) is 5.98. The minimum Gasteiger partial charge on any atom is -0.480 e. The van der Waals surface area contributed by atoms with Gasteiger partial charge in [0.1, 0.15) is 10.9 Å². The second-order valence-corrected chi connectivity index (χ2v) is 6.96. The second kappa shape index (κ2) is 6.91. The van der Waals surface area contributed by atoms with Gasteiger partial charge in [0.15, 0.2) is 5.82 Å². The number of carboxylic acids is 1. The summed E-state index contributed by atoms with van der Waals surface area (Å²) in [6.45, 7) is 3.31. The summed E-state index contributed by atoms with van der Waals surface area (Å²) in [5.74, 6) is -2.84. The third kappa shape index (κ3) is 4.06. The van der Waals surface area contributed by atoms with Gasteiger partial charge in [-0.15, -0.1) is 0 Å². The highest BCUT2D eigenvalue weighted by molar-refractivity contribution is 7.89. The molecule has 0 saturated heterocycles. The fraction of sp³-hybridized carbons (Fsp3) is 0.417. The molecule has 0 spiro atoms. The minimum atomic E-state index is -4.29. The standard InChI is InChI=1S/C12H14Cl2FNO4S/c1-3-6(2)11(12(17)18)16-21(19,20)8-5-4-7(13)10(15)9(8)14/h4-6,11,16H,3H2,1-2H3,(H,17,18)/t6?,11-/m0/s1. The van der Waals surface area contributed by atoms with Gasteiger partial charge in [-0.2, -0.15) is 4.72 Å². The molecule has 0 aromatic heterocycles. The van der Waals surface area contributed by atoms with Crippen LogP contribution in [0.3, 0.4) is 0 Å². The molecule has 0 radical (unpaired) electrons. The van der Waals surface area contributed by atoms with Crippen molar-refractivity contribution in [2.45, 2.75) is 31.2 Å². The van der Waals surface area contributed by atoms with Gasteiger partial charge in [-0.25, -0.2) is 12.8 Å². The smallest absolute Gasteiger partial charge is 0.322 e. The van der Waals surface area contributed by atoms with Crippen molar-refractivity contribution >= 4 is 39.2 Å². The Labute approximate surface area is 132 Å². The van der Waals surface area contributed by atoms with Crippen molar-refractivity contribution < 1.29 is 22.7 Å². The number of hydrogen-bond acceptors (Lipinski definition) is 3. The summed E-state index contributed by atoms with van der Waals surface area (Å²) in [7, 11) is -4.29. The predicted molar refractivity (Wildman–Crippen MR) is 77.6 cm³/mol. The fourth-order valence-electron chi connectivity index (χ4n) is 1.59. The summed E-state index contributed by atoms with van der Waals surface area (Å²) in [4.78, 5) is 10.6. The van der Waals surface area contributed by atoms with Gasteiger partial charge in [-0.1, -0.05) is 43.5 Å². The number of sulfonamides is 1. The average Bonchev–Trinajstić information content (AvgIpc) is 2.40. The van der Waals surface area contributed by atoms with Crippen molar-refractivity contribution in [3.8, 4) is 0 Å². The maximum Gasteiger partial charge on any atom is 0.322 e. The number of carbonyl (C=O) groups is 1. The van der Waals surface area contributed by atoms with E-state index in [1.54, 1.807) is 13.8 Å². The van der Waals surface area contributed by atoms with E-state index in [9.17, 15) is 17.6 Å². The molecular weight excluding hydrogens is 344 g/mol. The van der Waals surface area contributed by atoms with Crippen molar-refractivity contribution in [2.75, 3.05) is 0 Å². The first-order chi connectivity index (χ1) is 9.61. The molecule has 9 heteroatoms. The Morgan fingerprint density at radius 1 is 1.43 bits per heavy atom. The molecule has 1 rings (SSSR count). The Bertz CT molecular complexity index is 651. The van der Waals surface area contributed by atoms with Crippen molar-refractivity contribution in [3.63, 3.8) is 0 Å². The number of rotatable bonds is 6. The van der Waals surface area contributed by atoms with E-state index in [4.69, 9.17) is 28.3 Å². The number of benzene rings is 1. The summed E-state index contributed by atoms with van der Waals surface area (Å²) in [6.07, 6.45) is 0.447. The maximum atomic E-state index is 13.6. The van der Waals surface area contributed by atoms with E-state index >= 15 is 0 Å². The molecule has 0 aliphatic rings. The van der Waals surface area contributed by atoms with E-state index in [0.717, 1.165) is 12.1 Å². The van der Waals surface area contributed by atoms with Gasteiger partial charge in [0.25, 0.3) is 0 Å². The van der Waals surface area contributed by atoms with Crippen LogP contribution in [0.4, 0.5) is 4.39 Å². The zero-order valence-electron chi connectivity index (χ0n) is 11.2. The average molecular weight is 358 g/mol. The molecular formula is C12H14Cl2FNO4S. The van der Waals surface area contributed by atoms with E-state index in [0.29, 0.717) is 6.42 Å². The molecule has 118 valence electrons. The van der Waals surface area contributed by atoms with Crippen LogP contribution in [-0.2, 0) is 14.8 Å². The quantitative estimate of drug-likeness (QED) is 0.766. The summed E-state index contributed by atoms with van der Waals surface area (Å²) >= 11 is 11.1. The monoisotopic (exact) mass is 357 g/mol. The molecule has 1 unspecified atom stereocenters. The number of aliphatic carboxylic acids is 1. The zero-order chi connectivity index (χ0) is 16.4. The summed E-state index contributed by atoms with van der Waals surface area (Å²) in [5.41, 5.74) is 0. The molecule has 2 N–H and O–H groups in total. The van der Waals surface area contributed by atoms with Crippen LogP contribution in [0.2, 0.25) is 10.0 Å². The zero-order valence-corrected chi connectivity index (χ0v) is 13.6. The fourth-order valence-corrected chi connectivity index (χ4v) is 3.63. The van der Waals surface area contributed by atoms with Gasteiger partial charge < -0.3 is 5.11 Å². The predicted octanol–water partition coefficient (Wildman–Crippen LogP) is 2.91. The topological polar surface area (TPSA) is 83.5 Å². The lowest BCUT2D eigenvalue weighted by atomic mass is 10.0. The van der Waals surface area contributed by atoms with E-state index in [-0.39, 0.29) is 5.02 Å². The highest BCUT2D eigenvalue weighted by Gasteiger charge is 2.31. The van der Waals surface area contributed by atoms with Gasteiger partial charge >= 0.3 is 5.97 Å². The van der Waals surface area contributed by atoms with Crippen molar-refractivity contribution in [1.29, 1.82) is 0 Å². The molecule has 1 aromatic carbocycles. The Hall–Kier alpha value is -0.890. The first kappa shape index (κ1) is 18.2. The first-order valence-corrected chi connectivity index (χ1v) is 8.24. The number of hydrogen-bond donors (Lipinski definition) is 2. The molecule has 0 fully saturated rings. The first-order valence-electron chi connectivity index (χ1n) is 6.00. The lowest BCUT2D eigenvalue weighted by molar-refractivity contribution is -0.140. The van der Waals surface area contributed by atoms with Crippen molar-refractivity contribution in [3.05, 3.63) is 28.0 Å². The molecule has 0 aliphatic heterocycles. The number of nitrogens with one attached hydrogen (secondary N) is 1. The van der Waals surface area contributed by atoms with Crippen LogP contribution in [0.25, 0.3) is 0 Å². The summed E-state index contributed by atoms with van der Waals surface area (Å²) in [5, 5.41) is 8.10. The van der Waals surface area contributed by atoms with Crippen LogP contribution in [-0.4, -0.2) is 25.5 Å². The number of carboxylic acid groups (broad SMARTS) is 1. The van der Waals surface area contributed by atoms with E-state index in [1.807, 2.05) is 4.72 Å². The lowest BCUT2D eigenvalue weighted by Crippen LogP contribution is -2.45. The maximum absolute atomic E-state index is 13.6. The van der Waals surface area contributed by atoms with Crippen LogP contribution in [0.1, 0.15) is 20.3 Å². The van der Waals surface area contributed by atoms with Crippen LogP contribution >= 0.6 is 23.2 Å². The largest absolute Gasteiger partial charge is 0.480 e. The molecule has 0 saturated carbocycles. The van der Waals surface area contributed by atoms with E-state index in [1.165, 1.54) is 0 Å². The third-order valence-corrected chi connectivity index (χ3v) is 5.31. The molecule has 0 amide bonds.